The summed E-state index contributed by atoms with van der Waals surface area (Å²) in [5.74, 6) is 0.611. The molecule has 0 aromatic heterocycles. The Morgan fingerprint density at radius 2 is 2.24 bits per heavy atom. The van der Waals surface area contributed by atoms with Gasteiger partial charge in [-0.2, -0.15) is 0 Å². The zero-order valence-corrected chi connectivity index (χ0v) is 11.4. The average Bonchev–Trinajstić information content (AvgIpc) is 2.37. The number of piperidine rings is 1. The topological polar surface area (TPSA) is 53.6 Å². The Hall–Kier alpha value is -0.770. The molecule has 0 radical (unpaired) electrons. The van der Waals surface area contributed by atoms with Crippen molar-refractivity contribution in [3.8, 4) is 0 Å². The molecule has 4 heteroatoms. The van der Waals surface area contributed by atoms with E-state index in [1.807, 2.05) is 0 Å². The summed E-state index contributed by atoms with van der Waals surface area (Å²) in [4.78, 5) is 6.98. The van der Waals surface area contributed by atoms with Gasteiger partial charge in [-0.3, -0.25) is 9.89 Å². The third-order valence-electron chi connectivity index (χ3n) is 3.46. The van der Waals surface area contributed by atoms with Gasteiger partial charge in [-0.05, 0) is 32.4 Å². The lowest BCUT2D eigenvalue weighted by molar-refractivity contribution is 0.161. The normalized spacial score (nSPS) is 22.7. The van der Waals surface area contributed by atoms with Gasteiger partial charge in [0.05, 0.1) is 6.54 Å². The average molecular weight is 240 g/mol. The summed E-state index contributed by atoms with van der Waals surface area (Å²) < 4.78 is 0. The molecule has 0 spiro atoms. The van der Waals surface area contributed by atoms with E-state index in [0.717, 1.165) is 26.1 Å². The Morgan fingerprint density at radius 3 is 2.94 bits per heavy atom. The van der Waals surface area contributed by atoms with E-state index in [9.17, 15) is 0 Å². The predicted octanol–water partition coefficient (Wildman–Crippen LogP) is 1.57. The first-order chi connectivity index (χ1) is 8.27. The van der Waals surface area contributed by atoms with E-state index in [1.54, 1.807) is 0 Å². The number of aliphatic imine (C=N–C) groups is 1. The smallest absolute Gasteiger partial charge is 0.188 e. The van der Waals surface area contributed by atoms with Gasteiger partial charge in [-0.25, -0.2) is 0 Å². The van der Waals surface area contributed by atoms with Crippen LogP contribution in [0.25, 0.3) is 0 Å². The molecular weight excluding hydrogens is 212 g/mol. The van der Waals surface area contributed by atoms with Crippen molar-refractivity contribution in [2.45, 2.75) is 52.0 Å². The van der Waals surface area contributed by atoms with E-state index in [0.29, 0.717) is 12.0 Å². The minimum atomic E-state index is 0.597. The van der Waals surface area contributed by atoms with Gasteiger partial charge in [0.1, 0.15) is 0 Å². The number of nitrogens with zero attached hydrogens (tertiary/aromatic N) is 2. The summed E-state index contributed by atoms with van der Waals surface area (Å²) in [7, 11) is 0. The Balaban J connectivity index is 2.28. The van der Waals surface area contributed by atoms with Crippen LogP contribution >= 0.6 is 0 Å². The van der Waals surface area contributed by atoms with Crippen LogP contribution in [0.4, 0.5) is 0 Å². The van der Waals surface area contributed by atoms with E-state index in [4.69, 9.17) is 5.73 Å². The molecule has 1 unspecified atom stereocenters. The van der Waals surface area contributed by atoms with Crippen LogP contribution in [-0.4, -0.2) is 43.1 Å². The van der Waals surface area contributed by atoms with Crippen LogP contribution in [-0.2, 0) is 0 Å². The van der Waals surface area contributed by atoms with Crippen molar-refractivity contribution in [1.29, 1.82) is 0 Å². The molecule has 1 heterocycles. The first-order valence-corrected chi connectivity index (χ1v) is 7.05. The maximum absolute atomic E-state index is 5.84. The summed E-state index contributed by atoms with van der Waals surface area (Å²) in [6, 6.07) is 0.597. The Bertz CT molecular complexity index is 227. The zero-order valence-electron chi connectivity index (χ0n) is 11.4. The molecular formula is C13H28N4. The number of likely N-dealkylation sites (N-methyl/N-ethyl adjacent to an activating group) is 1. The summed E-state index contributed by atoms with van der Waals surface area (Å²) in [5.41, 5.74) is 5.84. The molecule has 1 saturated heterocycles. The fourth-order valence-electron chi connectivity index (χ4n) is 2.34. The van der Waals surface area contributed by atoms with Crippen molar-refractivity contribution < 1.29 is 0 Å². The van der Waals surface area contributed by atoms with Crippen molar-refractivity contribution in [3.63, 3.8) is 0 Å². The van der Waals surface area contributed by atoms with Crippen molar-refractivity contribution in [2.75, 3.05) is 26.2 Å². The lowest BCUT2D eigenvalue weighted by Crippen LogP contribution is -2.42. The Kier molecular flexibility index (Phi) is 7.01. The van der Waals surface area contributed by atoms with E-state index in [1.165, 1.54) is 32.2 Å². The van der Waals surface area contributed by atoms with Crippen LogP contribution in [0.5, 0.6) is 0 Å². The highest BCUT2D eigenvalue weighted by Gasteiger charge is 2.20. The van der Waals surface area contributed by atoms with Crippen LogP contribution in [0.2, 0.25) is 0 Å². The van der Waals surface area contributed by atoms with Crippen molar-refractivity contribution in [2.24, 2.45) is 10.7 Å². The Labute approximate surface area is 106 Å². The zero-order chi connectivity index (χ0) is 12.5. The molecule has 0 aliphatic carbocycles. The number of rotatable bonds is 6. The number of nitrogens with two attached hydrogens (primary N) is 1. The van der Waals surface area contributed by atoms with E-state index in [-0.39, 0.29) is 0 Å². The lowest BCUT2D eigenvalue weighted by Gasteiger charge is -2.33. The molecule has 1 aliphatic heterocycles. The maximum atomic E-state index is 5.84. The van der Waals surface area contributed by atoms with Gasteiger partial charge >= 0.3 is 0 Å². The van der Waals surface area contributed by atoms with Crippen molar-refractivity contribution >= 4 is 5.96 Å². The van der Waals surface area contributed by atoms with Crippen LogP contribution in [0.1, 0.15) is 46.0 Å². The number of hydrogen-bond acceptors (Lipinski definition) is 2. The molecule has 4 nitrogen and oxygen atoms in total. The van der Waals surface area contributed by atoms with E-state index < -0.39 is 0 Å². The molecule has 3 N–H and O–H groups in total. The molecule has 0 amide bonds. The minimum Gasteiger partial charge on any atom is -0.370 e. The molecule has 1 atom stereocenters. The largest absolute Gasteiger partial charge is 0.370 e. The first kappa shape index (κ1) is 14.3. The van der Waals surface area contributed by atoms with Gasteiger partial charge in [0.15, 0.2) is 5.96 Å². The third kappa shape index (κ3) is 5.39. The second kappa shape index (κ2) is 8.34. The summed E-state index contributed by atoms with van der Waals surface area (Å²) in [6.45, 7) is 8.54. The van der Waals surface area contributed by atoms with Gasteiger partial charge in [0.2, 0.25) is 0 Å². The van der Waals surface area contributed by atoms with Crippen LogP contribution < -0.4 is 11.1 Å². The second-order valence-electron chi connectivity index (χ2n) is 4.78. The monoisotopic (exact) mass is 240 g/mol. The molecule has 100 valence electrons. The minimum absolute atomic E-state index is 0.597. The van der Waals surface area contributed by atoms with Gasteiger partial charge in [0.25, 0.3) is 0 Å². The SMILES string of the molecule is CCCCNC(N)=NCC1CCCCN1CC. The number of hydrogen-bond donors (Lipinski definition) is 2. The highest BCUT2D eigenvalue weighted by molar-refractivity contribution is 5.77. The number of likely N-dealkylation sites (tertiary alicyclic amines) is 1. The lowest BCUT2D eigenvalue weighted by atomic mass is 10.0. The Morgan fingerprint density at radius 1 is 1.41 bits per heavy atom. The van der Waals surface area contributed by atoms with Gasteiger partial charge < -0.3 is 11.1 Å². The molecule has 1 fully saturated rings. The summed E-state index contributed by atoms with van der Waals surface area (Å²) in [6.07, 6.45) is 6.27. The van der Waals surface area contributed by atoms with Gasteiger partial charge in [0, 0.05) is 12.6 Å². The second-order valence-corrected chi connectivity index (χ2v) is 4.78. The molecule has 17 heavy (non-hydrogen) atoms. The highest BCUT2D eigenvalue weighted by Crippen LogP contribution is 2.16. The van der Waals surface area contributed by atoms with Crippen LogP contribution in [0, 0.1) is 0 Å². The predicted molar refractivity (Wildman–Crippen MR) is 74.3 cm³/mol. The maximum Gasteiger partial charge on any atom is 0.188 e. The fourth-order valence-corrected chi connectivity index (χ4v) is 2.34. The number of unbranched alkanes of at least 4 members (excludes halogenated alkanes) is 1. The van der Waals surface area contributed by atoms with Crippen molar-refractivity contribution in [3.05, 3.63) is 0 Å². The summed E-state index contributed by atoms with van der Waals surface area (Å²) in [5, 5.41) is 3.17. The van der Waals surface area contributed by atoms with Gasteiger partial charge in [-0.1, -0.05) is 26.7 Å². The molecule has 0 aromatic rings. The molecule has 1 rings (SSSR count). The standard InChI is InChI=1S/C13H28N4/c1-3-5-9-15-13(14)16-11-12-8-6-7-10-17(12)4-2/h12H,3-11H2,1-2H3,(H3,14,15,16). The summed E-state index contributed by atoms with van der Waals surface area (Å²) >= 11 is 0. The van der Waals surface area contributed by atoms with Crippen LogP contribution in [0.3, 0.4) is 0 Å². The van der Waals surface area contributed by atoms with Gasteiger partial charge in [-0.15, -0.1) is 0 Å². The quantitative estimate of drug-likeness (QED) is 0.421. The molecule has 0 bridgehead atoms. The fraction of sp³-hybridized carbons (Fsp3) is 0.923. The van der Waals surface area contributed by atoms with Crippen LogP contribution in [0.15, 0.2) is 4.99 Å². The first-order valence-electron chi connectivity index (χ1n) is 7.05. The molecule has 1 aliphatic rings. The number of nitrogens with one attached hydrogen (secondary N) is 1. The highest BCUT2D eigenvalue weighted by atomic mass is 15.2. The number of guanidine groups is 1. The third-order valence-corrected chi connectivity index (χ3v) is 3.46. The molecule has 0 saturated carbocycles. The van der Waals surface area contributed by atoms with E-state index >= 15 is 0 Å². The van der Waals surface area contributed by atoms with E-state index in [2.05, 4.69) is 29.1 Å². The molecule has 0 aromatic carbocycles. The van der Waals surface area contributed by atoms with Crippen molar-refractivity contribution in [1.82, 2.24) is 10.2 Å².